The Balaban J connectivity index is 1.82. The van der Waals surface area contributed by atoms with E-state index >= 15 is 0 Å². The molecule has 1 amide bonds. The maximum Gasteiger partial charge on any atom is 0.255 e. The van der Waals surface area contributed by atoms with Crippen LogP contribution < -0.4 is 5.32 Å². The summed E-state index contributed by atoms with van der Waals surface area (Å²) >= 11 is 0. The third-order valence-electron chi connectivity index (χ3n) is 5.48. The fraction of sp³-hybridized carbons (Fsp3) is 0.333. The zero-order valence-corrected chi connectivity index (χ0v) is 18.0. The number of likely N-dealkylation sites (N-methyl/N-ethyl adjacent to an activating group) is 1. The Morgan fingerprint density at radius 2 is 1.70 bits per heavy atom. The van der Waals surface area contributed by atoms with Crippen molar-refractivity contribution in [2.24, 2.45) is 0 Å². The molecule has 0 saturated carbocycles. The summed E-state index contributed by atoms with van der Waals surface area (Å²) < 4.78 is 14.9. The van der Waals surface area contributed by atoms with E-state index < -0.39 is 0 Å². The summed E-state index contributed by atoms with van der Waals surface area (Å²) in [5, 5.41) is 7.62. The normalized spacial score (nSPS) is 12.2. The average Bonchev–Trinajstić information content (AvgIpc) is 3.06. The molecule has 0 spiro atoms. The van der Waals surface area contributed by atoms with Gasteiger partial charge in [0.2, 0.25) is 0 Å². The number of carbonyl (C=O) groups excluding carboxylic acids is 1. The first-order valence-corrected chi connectivity index (χ1v) is 10.4. The lowest BCUT2D eigenvalue weighted by molar-refractivity contribution is 0.0933. The number of hydrogen-bond acceptors (Lipinski definition) is 3. The Hall–Kier alpha value is -2.99. The van der Waals surface area contributed by atoms with Crippen molar-refractivity contribution in [2.75, 3.05) is 19.6 Å². The van der Waals surface area contributed by atoms with E-state index in [2.05, 4.69) is 41.3 Å². The molecule has 6 heteroatoms. The standard InChI is InChI=1S/C24H29FN4O/c1-5-28(6-2)22(19-10-8-7-9-11-19)16-26-24(30)23-17(3)27-29(18(23)4)21-14-12-20(25)13-15-21/h7-15,22H,5-6,16H2,1-4H3,(H,26,30). The molecule has 0 aliphatic carbocycles. The van der Waals surface area contributed by atoms with Gasteiger partial charge in [-0.05, 0) is 56.8 Å². The summed E-state index contributed by atoms with van der Waals surface area (Å²) in [5.41, 5.74) is 3.84. The van der Waals surface area contributed by atoms with Gasteiger partial charge in [0.15, 0.2) is 0 Å². The molecule has 158 valence electrons. The third kappa shape index (κ3) is 4.60. The largest absolute Gasteiger partial charge is 0.350 e. The highest BCUT2D eigenvalue weighted by Gasteiger charge is 2.23. The lowest BCUT2D eigenvalue weighted by Gasteiger charge is -2.30. The summed E-state index contributed by atoms with van der Waals surface area (Å²) in [6.07, 6.45) is 0. The van der Waals surface area contributed by atoms with Crippen LogP contribution in [0.25, 0.3) is 5.69 Å². The molecule has 1 N–H and O–H groups in total. The van der Waals surface area contributed by atoms with Gasteiger partial charge in [-0.25, -0.2) is 9.07 Å². The Morgan fingerprint density at radius 3 is 2.30 bits per heavy atom. The van der Waals surface area contributed by atoms with E-state index in [9.17, 15) is 9.18 Å². The van der Waals surface area contributed by atoms with Crippen molar-refractivity contribution in [3.63, 3.8) is 0 Å². The van der Waals surface area contributed by atoms with Gasteiger partial charge in [0.25, 0.3) is 5.91 Å². The van der Waals surface area contributed by atoms with E-state index in [0.717, 1.165) is 24.5 Å². The molecule has 30 heavy (non-hydrogen) atoms. The molecule has 0 fully saturated rings. The van der Waals surface area contributed by atoms with Gasteiger partial charge in [0.05, 0.1) is 28.7 Å². The van der Waals surface area contributed by atoms with Crippen molar-refractivity contribution < 1.29 is 9.18 Å². The summed E-state index contributed by atoms with van der Waals surface area (Å²) in [5.74, 6) is -0.451. The van der Waals surface area contributed by atoms with Crippen LogP contribution in [0, 0.1) is 19.7 Å². The van der Waals surface area contributed by atoms with Crippen LogP contribution in [0.3, 0.4) is 0 Å². The number of aryl methyl sites for hydroxylation is 1. The zero-order chi connectivity index (χ0) is 21.7. The molecule has 1 heterocycles. The maximum atomic E-state index is 13.3. The molecule has 0 radical (unpaired) electrons. The molecule has 1 aromatic heterocycles. The first-order chi connectivity index (χ1) is 14.5. The van der Waals surface area contributed by atoms with Crippen LogP contribution in [0.4, 0.5) is 4.39 Å². The van der Waals surface area contributed by atoms with Gasteiger partial charge in [0.1, 0.15) is 5.82 Å². The molecule has 3 rings (SSSR count). The second-order valence-corrected chi connectivity index (χ2v) is 7.29. The predicted octanol–water partition coefficient (Wildman–Crippen LogP) is 4.44. The minimum absolute atomic E-state index is 0.0953. The van der Waals surface area contributed by atoms with Crippen molar-refractivity contribution in [3.8, 4) is 5.69 Å². The molecule has 0 aliphatic rings. The number of halogens is 1. The number of aromatic nitrogens is 2. The average molecular weight is 409 g/mol. The van der Waals surface area contributed by atoms with Crippen LogP contribution >= 0.6 is 0 Å². The van der Waals surface area contributed by atoms with Crippen LogP contribution in [0.5, 0.6) is 0 Å². The molecular weight excluding hydrogens is 379 g/mol. The maximum absolute atomic E-state index is 13.3. The van der Waals surface area contributed by atoms with Crippen molar-refractivity contribution in [1.82, 2.24) is 20.0 Å². The van der Waals surface area contributed by atoms with Gasteiger partial charge in [0, 0.05) is 6.54 Å². The second kappa shape index (κ2) is 9.67. The van der Waals surface area contributed by atoms with Gasteiger partial charge in [-0.2, -0.15) is 5.10 Å². The monoisotopic (exact) mass is 408 g/mol. The first kappa shape index (κ1) is 21.7. The van der Waals surface area contributed by atoms with Crippen molar-refractivity contribution in [2.45, 2.75) is 33.7 Å². The van der Waals surface area contributed by atoms with E-state index in [0.29, 0.717) is 17.8 Å². The molecular formula is C24H29FN4O. The van der Waals surface area contributed by atoms with Gasteiger partial charge in [-0.15, -0.1) is 0 Å². The minimum Gasteiger partial charge on any atom is -0.350 e. The molecule has 1 unspecified atom stereocenters. The van der Waals surface area contributed by atoms with Crippen LogP contribution in [-0.4, -0.2) is 40.2 Å². The van der Waals surface area contributed by atoms with Gasteiger partial charge >= 0.3 is 0 Å². The summed E-state index contributed by atoms with van der Waals surface area (Å²) in [6, 6.07) is 16.4. The number of nitrogens with one attached hydrogen (secondary N) is 1. The molecule has 2 aromatic carbocycles. The Kier molecular flexibility index (Phi) is 7.00. The smallest absolute Gasteiger partial charge is 0.255 e. The van der Waals surface area contributed by atoms with Crippen molar-refractivity contribution in [1.29, 1.82) is 0 Å². The van der Waals surface area contributed by atoms with Gasteiger partial charge in [-0.1, -0.05) is 44.2 Å². The molecule has 1 atom stereocenters. The number of nitrogens with zero attached hydrogens (tertiary/aromatic N) is 3. The number of amides is 1. The Labute approximate surface area is 177 Å². The SMILES string of the molecule is CCN(CC)C(CNC(=O)c1c(C)nn(-c2ccc(F)cc2)c1C)c1ccccc1. The number of hydrogen-bond donors (Lipinski definition) is 1. The van der Waals surface area contributed by atoms with E-state index in [4.69, 9.17) is 0 Å². The minimum atomic E-state index is -0.304. The predicted molar refractivity (Wildman–Crippen MR) is 117 cm³/mol. The number of benzene rings is 2. The number of carbonyl (C=O) groups is 1. The summed E-state index contributed by atoms with van der Waals surface area (Å²) in [4.78, 5) is 15.4. The molecule has 3 aromatic rings. The lowest BCUT2D eigenvalue weighted by Crippen LogP contribution is -2.38. The zero-order valence-electron chi connectivity index (χ0n) is 18.0. The fourth-order valence-electron chi connectivity index (χ4n) is 3.88. The lowest BCUT2D eigenvalue weighted by atomic mass is 10.0. The van der Waals surface area contributed by atoms with Crippen LogP contribution in [0.2, 0.25) is 0 Å². The van der Waals surface area contributed by atoms with Crippen LogP contribution in [-0.2, 0) is 0 Å². The van der Waals surface area contributed by atoms with Crippen molar-refractivity contribution in [3.05, 3.63) is 82.9 Å². The van der Waals surface area contributed by atoms with E-state index in [1.165, 1.54) is 17.7 Å². The third-order valence-corrected chi connectivity index (χ3v) is 5.48. The van der Waals surface area contributed by atoms with E-state index in [1.54, 1.807) is 16.8 Å². The highest BCUT2D eigenvalue weighted by molar-refractivity contribution is 5.96. The second-order valence-electron chi connectivity index (χ2n) is 7.29. The number of rotatable bonds is 8. The highest BCUT2D eigenvalue weighted by Crippen LogP contribution is 2.21. The summed E-state index contributed by atoms with van der Waals surface area (Å²) in [7, 11) is 0. The van der Waals surface area contributed by atoms with E-state index in [-0.39, 0.29) is 17.8 Å². The quantitative estimate of drug-likeness (QED) is 0.599. The van der Waals surface area contributed by atoms with Crippen molar-refractivity contribution >= 4 is 5.91 Å². The Bertz CT molecular complexity index is 978. The molecule has 5 nitrogen and oxygen atoms in total. The molecule has 0 aliphatic heterocycles. The van der Waals surface area contributed by atoms with E-state index in [1.807, 2.05) is 32.0 Å². The Morgan fingerprint density at radius 1 is 1.07 bits per heavy atom. The van der Waals surface area contributed by atoms with Gasteiger partial charge in [-0.3, -0.25) is 9.69 Å². The van der Waals surface area contributed by atoms with Crippen LogP contribution in [0.1, 0.15) is 47.2 Å². The topological polar surface area (TPSA) is 50.2 Å². The highest BCUT2D eigenvalue weighted by atomic mass is 19.1. The fourth-order valence-corrected chi connectivity index (χ4v) is 3.88. The molecule has 0 bridgehead atoms. The van der Waals surface area contributed by atoms with Crippen LogP contribution in [0.15, 0.2) is 54.6 Å². The van der Waals surface area contributed by atoms with Gasteiger partial charge < -0.3 is 5.32 Å². The first-order valence-electron chi connectivity index (χ1n) is 10.4. The molecule has 0 saturated heterocycles. The summed E-state index contributed by atoms with van der Waals surface area (Å²) in [6.45, 7) is 10.2.